The predicted molar refractivity (Wildman–Crippen MR) is 193 cm³/mol. The lowest BCUT2D eigenvalue weighted by atomic mass is 10.1. The van der Waals surface area contributed by atoms with Crippen LogP contribution in [0.5, 0.6) is 0 Å². The summed E-state index contributed by atoms with van der Waals surface area (Å²) in [7, 11) is 0. The quantitative estimate of drug-likeness (QED) is 0.174. The number of fused-ring (bicyclic) bond motifs is 2. The molecule has 0 saturated heterocycles. The van der Waals surface area contributed by atoms with Crippen molar-refractivity contribution < 1.29 is 25.9 Å². The van der Waals surface area contributed by atoms with E-state index in [1.54, 1.807) is 12.5 Å². The molecule has 8 rings (SSSR count). The Morgan fingerprint density at radius 3 is 1.44 bits per heavy atom. The van der Waals surface area contributed by atoms with Gasteiger partial charge in [-0.05, 0) is 90.8 Å². The second kappa shape index (κ2) is 16.6. The van der Waals surface area contributed by atoms with Gasteiger partial charge in [0.15, 0.2) is 0 Å². The maximum absolute atomic E-state index is 8.29. The molecule has 8 aromatic rings. The highest BCUT2D eigenvalue weighted by atomic mass is 79.9. The van der Waals surface area contributed by atoms with Crippen molar-refractivity contribution >= 4 is 61.1 Å². The lowest BCUT2D eigenvalue weighted by molar-refractivity contribution is 0.415. The molecule has 0 fully saturated rings. The number of rotatable bonds is 4. The molecule has 0 amide bonds. The molecule has 50 heavy (non-hydrogen) atoms. The van der Waals surface area contributed by atoms with Gasteiger partial charge in [-0.25, -0.2) is 9.97 Å². The number of nitrogens with zero attached hydrogens (tertiary/aromatic N) is 6. The Kier molecular flexibility index (Phi) is 11.9. The zero-order valence-electron chi connectivity index (χ0n) is 26.7. The third-order valence-corrected chi connectivity index (χ3v) is 8.21. The van der Waals surface area contributed by atoms with Crippen molar-refractivity contribution in [3.8, 4) is 33.9 Å². The van der Waals surface area contributed by atoms with Gasteiger partial charge in [-0.1, -0.05) is 46.7 Å². The van der Waals surface area contributed by atoms with E-state index in [-0.39, 0.29) is 0 Å². The van der Waals surface area contributed by atoms with E-state index in [4.69, 9.17) is 35.8 Å². The average Bonchev–Trinajstić information content (AvgIpc) is 3.92. The number of halogens is 1. The van der Waals surface area contributed by atoms with Gasteiger partial charge in [0.05, 0.1) is 33.9 Å². The second-order valence-electron chi connectivity index (χ2n) is 10.6. The summed E-state index contributed by atoms with van der Waals surface area (Å²) in [5, 5.41) is 10.1. The van der Waals surface area contributed by atoms with Crippen LogP contribution in [-0.4, -0.2) is 46.3 Å². The first-order valence-electron chi connectivity index (χ1n) is 14.7. The Morgan fingerprint density at radius 2 is 1.00 bits per heavy atom. The van der Waals surface area contributed by atoms with Crippen LogP contribution in [0.3, 0.4) is 0 Å². The van der Waals surface area contributed by atoms with E-state index >= 15 is 0 Å². The molecule has 0 radical (unpaired) electrons. The first kappa shape index (κ1) is 35.7. The first-order valence-corrected chi connectivity index (χ1v) is 16.9. The minimum atomic E-state index is -0.750. The van der Waals surface area contributed by atoms with Crippen LogP contribution in [0.2, 0.25) is 0 Å². The maximum atomic E-state index is 8.29. The van der Waals surface area contributed by atoms with Gasteiger partial charge in [0.2, 0.25) is 0 Å². The van der Waals surface area contributed by atoms with Gasteiger partial charge < -0.3 is 18.2 Å². The summed E-state index contributed by atoms with van der Waals surface area (Å²) in [6.07, 6.45) is 7.44. The fraction of sp³-hybridized carbons (Fsp3) is 0.0857. The molecule has 0 atom stereocenters. The van der Waals surface area contributed by atoms with Crippen LogP contribution in [0.1, 0.15) is 17.0 Å². The molecule has 0 spiro atoms. The molecule has 0 aliphatic heterocycles. The number of aryl methyl sites for hydroxylation is 3. The largest absolute Gasteiger partial charge is 0.364 e. The number of hydrogen-bond acceptors (Lipinski definition) is 10. The van der Waals surface area contributed by atoms with Gasteiger partial charge in [-0.3, -0.25) is 0 Å². The lowest BCUT2D eigenvalue weighted by Gasteiger charge is -2.05. The highest BCUT2D eigenvalue weighted by Crippen LogP contribution is 2.31. The number of para-hydroxylation sites is 2. The molecule has 0 aliphatic rings. The molecule has 0 bridgehead atoms. The number of aromatic nitrogens is 6. The van der Waals surface area contributed by atoms with Crippen molar-refractivity contribution in [2.75, 3.05) is 0 Å². The zero-order chi connectivity index (χ0) is 35.6. The summed E-state index contributed by atoms with van der Waals surface area (Å²) < 4.78 is 48.4. The highest BCUT2D eigenvalue weighted by Gasteiger charge is 2.15. The van der Waals surface area contributed by atoms with E-state index < -0.39 is 23.1 Å². The molecule has 6 heterocycles. The van der Waals surface area contributed by atoms with E-state index in [0.717, 1.165) is 71.8 Å². The van der Waals surface area contributed by atoms with E-state index in [1.807, 2.05) is 68.6 Å². The van der Waals surface area contributed by atoms with Crippen LogP contribution < -0.4 is 0 Å². The van der Waals surface area contributed by atoms with Crippen molar-refractivity contribution in [2.45, 2.75) is 20.8 Å². The summed E-state index contributed by atoms with van der Waals surface area (Å²) in [6, 6.07) is 28.6. The fourth-order valence-corrected chi connectivity index (χ4v) is 5.79. The van der Waals surface area contributed by atoms with E-state index in [9.17, 15) is 0 Å². The van der Waals surface area contributed by atoms with Crippen molar-refractivity contribution in [3.63, 3.8) is 0 Å². The summed E-state index contributed by atoms with van der Waals surface area (Å²) in [4.78, 5) is 9.65. The number of benzene rings is 2. The Labute approximate surface area is 301 Å². The topological polar surface area (TPSA) is 156 Å². The van der Waals surface area contributed by atoms with Crippen LogP contribution in [0.4, 0.5) is 0 Å². The van der Waals surface area contributed by atoms with E-state index in [2.05, 4.69) is 84.9 Å². The molecular formula is C35H27BrN6O6S2. The smallest absolute Gasteiger partial charge is 0.335 e. The fourth-order valence-electron chi connectivity index (χ4n) is 5.27. The molecule has 15 heteroatoms. The summed E-state index contributed by atoms with van der Waals surface area (Å²) in [5.41, 5.74) is 10.5. The van der Waals surface area contributed by atoms with Crippen molar-refractivity contribution in [1.29, 1.82) is 0 Å². The van der Waals surface area contributed by atoms with Gasteiger partial charge in [-0.2, -0.15) is 16.8 Å². The van der Waals surface area contributed by atoms with Gasteiger partial charge in [0.25, 0.3) is 0 Å². The lowest BCUT2D eigenvalue weighted by Crippen LogP contribution is -1.94. The van der Waals surface area contributed by atoms with Crippen LogP contribution in [0, 0.1) is 20.8 Å². The third-order valence-electron chi connectivity index (χ3n) is 7.57. The molecule has 252 valence electrons. The van der Waals surface area contributed by atoms with Gasteiger partial charge >= 0.3 is 23.1 Å². The Bertz CT molecular complexity index is 2270. The third kappa shape index (κ3) is 7.80. The predicted octanol–water partition coefficient (Wildman–Crippen LogP) is 7.71. The molecule has 0 N–H and O–H groups in total. The van der Waals surface area contributed by atoms with E-state index in [1.165, 1.54) is 5.56 Å². The molecule has 12 nitrogen and oxygen atoms in total. The Balaban J connectivity index is 0.000000168. The molecule has 0 unspecified atom stereocenters. The van der Waals surface area contributed by atoms with Gasteiger partial charge in [-0.15, -0.1) is 0 Å². The van der Waals surface area contributed by atoms with Crippen molar-refractivity contribution in [3.05, 3.63) is 131 Å². The molecule has 2 aromatic carbocycles. The minimum absolute atomic E-state index is 0.750. The molecule has 0 aliphatic carbocycles. The highest BCUT2D eigenvalue weighted by molar-refractivity contribution is 9.10. The van der Waals surface area contributed by atoms with Crippen molar-refractivity contribution in [2.24, 2.45) is 0 Å². The summed E-state index contributed by atoms with van der Waals surface area (Å²) in [6.45, 7) is 5.94. The standard InChI is InChI=1S/C18H15N3O.C17H12BrN3O.2O2S/c1-12-10-21(14-6-4-3-5-7-14)18-15(12)8-9-17(19-18)16-11-22-20-13(16)2;1-11-14(10-22-20-11)16-8-7-13-15(18)9-21(17(13)19-16)12-5-3-2-4-6-12;2*1-3-2/h3-11H,1-2H3;2-10H,1H3;;. The Hall–Kier alpha value is -5.64. The van der Waals surface area contributed by atoms with Crippen molar-refractivity contribution in [1.82, 2.24) is 29.4 Å². The van der Waals surface area contributed by atoms with Gasteiger partial charge in [0.1, 0.15) is 23.8 Å². The molecule has 0 saturated carbocycles. The average molecular weight is 772 g/mol. The zero-order valence-corrected chi connectivity index (χ0v) is 29.9. The summed E-state index contributed by atoms with van der Waals surface area (Å²) >= 11 is 2.11. The maximum Gasteiger partial charge on any atom is 0.335 e. The Morgan fingerprint density at radius 1 is 0.580 bits per heavy atom. The van der Waals surface area contributed by atoms with E-state index in [0.29, 0.717) is 0 Å². The molecular weight excluding hydrogens is 744 g/mol. The van der Waals surface area contributed by atoms with Crippen LogP contribution in [-0.2, 0) is 23.1 Å². The monoisotopic (exact) mass is 770 g/mol. The summed E-state index contributed by atoms with van der Waals surface area (Å²) in [5.74, 6) is 0. The van der Waals surface area contributed by atoms with Crippen LogP contribution in [0.25, 0.3) is 56.0 Å². The van der Waals surface area contributed by atoms with Crippen LogP contribution >= 0.6 is 15.9 Å². The van der Waals surface area contributed by atoms with Gasteiger partial charge in [0, 0.05) is 39.0 Å². The second-order valence-corrected chi connectivity index (χ2v) is 11.7. The number of hydrogen-bond donors (Lipinski definition) is 0. The SMILES string of the molecule is Cc1nocc1-c1ccc2c(Br)cn(-c3ccccc3)c2n1.Cc1nocc1-c1ccc2c(C)cn(-c3ccccc3)c2n1.O=S=O.O=S=O. The molecule has 6 aromatic heterocycles. The van der Waals surface area contributed by atoms with Crippen LogP contribution in [0.15, 0.2) is 123 Å². The first-order chi connectivity index (χ1) is 24.3. The minimum Gasteiger partial charge on any atom is -0.364 e. The normalized spacial score (nSPS) is 10.3. The number of pyridine rings is 2.